The standard InChI is InChI=1S/C27H30O15/c1-9-17(31)20(34)22(36)26(38-9)39-12-6-13(30)16-14(7-12)40-24(10-2-4-11(29)5-3-10)25(19(16)33)42-27-23(37)21(35)18(32)15(8-28)41-27/h2-7,9,15,17-18,20-23,26-32,34-37H,8H2,1H3/t9-,15+,17+,18+,20+,21-,22+,23+,26-,27-/m0/s1. The number of phenols is 2. The monoisotopic (exact) mass is 594 g/mol. The van der Waals surface area contributed by atoms with Gasteiger partial charge in [-0.2, -0.15) is 0 Å². The Morgan fingerprint density at radius 1 is 0.786 bits per heavy atom. The normalized spacial score (nSPS) is 33.4. The Bertz CT molecular complexity index is 1470. The van der Waals surface area contributed by atoms with Crippen LogP contribution in [0.25, 0.3) is 22.3 Å². The fourth-order valence-electron chi connectivity index (χ4n) is 4.76. The molecule has 10 atom stereocenters. The molecule has 228 valence electrons. The van der Waals surface area contributed by atoms with Gasteiger partial charge in [0.2, 0.25) is 23.8 Å². The maximum atomic E-state index is 13.7. The van der Waals surface area contributed by atoms with Gasteiger partial charge in [-0.3, -0.25) is 4.79 Å². The number of phenolic OH excluding ortho intramolecular Hbond substituents is 2. The van der Waals surface area contributed by atoms with Gasteiger partial charge < -0.3 is 69.3 Å². The first kappa shape index (κ1) is 30.0. The third-order valence-corrected chi connectivity index (χ3v) is 7.18. The van der Waals surface area contributed by atoms with Crippen molar-refractivity contribution in [1.82, 2.24) is 0 Å². The molecular weight excluding hydrogens is 564 g/mol. The molecule has 2 aliphatic rings. The van der Waals surface area contributed by atoms with Crippen molar-refractivity contribution >= 4 is 11.0 Å². The van der Waals surface area contributed by atoms with Crippen molar-refractivity contribution in [3.8, 4) is 34.3 Å². The SMILES string of the molecule is C[C@@H]1O[C@@H](Oc2cc(O)c3c(=O)c(O[C@@H]4O[C@H](CO)[C@@H](O)[C@H](O)[C@H]4O)c(-c4ccc(O)cc4)oc3c2)[C@H](O)[C@H](O)[C@@H]1O. The third-order valence-electron chi connectivity index (χ3n) is 7.18. The minimum atomic E-state index is -1.87. The fourth-order valence-corrected chi connectivity index (χ4v) is 4.76. The van der Waals surface area contributed by atoms with Gasteiger partial charge >= 0.3 is 0 Å². The second kappa shape index (κ2) is 11.6. The third kappa shape index (κ3) is 5.37. The molecule has 3 heterocycles. The molecule has 0 unspecified atom stereocenters. The second-order valence-corrected chi connectivity index (χ2v) is 10.1. The van der Waals surface area contributed by atoms with Gasteiger partial charge in [-0.15, -0.1) is 0 Å². The zero-order chi connectivity index (χ0) is 30.5. The van der Waals surface area contributed by atoms with Crippen molar-refractivity contribution in [2.45, 2.75) is 68.3 Å². The van der Waals surface area contributed by atoms with Crippen LogP contribution in [0.5, 0.6) is 23.0 Å². The summed E-state index contributed by atoms with van der Waals surface area (Å²) in [5, 5.41) is 90.7. The molecule has 0 aliphatic carbocycles. The van der Waals surface area contributed by atoms with Crippen LogP contribution in [-0.2, 0) is 9.47 Å². The maximum absolute atomic E-state index is 13.7. The van der Waals surface area contributed by atoms with E-state index < -0.39 is 90.3 Å². The molecule has 0 bridgehead atoms. The predicted molar refractivity (Wildman–Crippen MR) is 139 cm³/mol. The van der Waals surface area contributed by atoms with Crippen LogP contribution >= 0.6 is 0 Å². The molecule has 0 radical (unpaired) electrons. The van der Waals surface area contributed by atoms with Crippen LogP contribution in [-0.4, -0.2) is 114 Å². The van der Waals surface area contributed by atoms with E-state index in [2.05, 4.69) is 0 Å². The molecule has 0 amide bonds. The van der Waals surface area contributed by atoms with Crippen molar-refractivity contribution in [2.24, 2.45) is 0 Å². The molecule has 3 aromatic rings. The Kier molecular flexibility index (Phi) is 8.30. The number of aliphatic hydroxyl groups is 7. The zero-order valence-corrected chi connectivity index (χ0v) is 21.9. The van der Waals surface area contributed by atoms with Crippen molar-refractivity contribution in [1.29, 1.82) is 0 Å². The summed E-state index contributed by atoms with van der Waals surface area (Å²) in [6.45, 7) is 0.702. The number of hydrogen-bond acceptors (Lipinski definition) is 15. The van der Waals surface area contributed by atoms with Crippen LogP contribution in [0.15, 0.2) is 45.6 Å². The highest BCUT2D eigenvalue weighted by Crippen LogP contribution is 2.38. The van der Waals surface area contributed by atoms with Crippen LogP contribution in [0.2, 0.25) is 0 Å². The Hall–Kier alpha value is -3.51. The predicted octanol–water partition coefficient (Wildman–Crippen LogP) is -1.74. The van der Waals surface area contributed by atoms with Crippen molar-refractivity contribution in [3.05, 3.63) is 46.6 Å². The lowest BCUT2D eigenvalue weighted by molar-refractivity contribution is -0.277. The minimum Gasteiger partial charge on any atom is -0.508 e. The van der Waals surface area contributed by atoms with E-state index in [0.29, 0.717) is 0 Å². The van der Waals surface area contributed by atoms with Gasteiger partial charge in [0.25, 0.3) is 0 Å². The van der Waals surface area contributed by atoms with Gasteiger partial charge in [0.15, 0.2) is 5.76 Å². The first-order chi connectivity index (χ1) is 19.9. The lowest BCUT2D eigenvalue weighted by atomic mass is 9.99. The van der Waals surface area contributed by atoms with Gasteiger partial charge in [-0.1, -0.05) is 0 Å². The maximum Gasteiger partial charge on any atom is 0.239 e. The topological polar surface area (TPSA) is 249 Å². The molecule has 2 aliphatic heterocycles. The van der Waals surface area contributed by atoms with Gasteiger partial charge in [0, 0.05) is 17.7 Å². The largest absolute Gasteiger partial charge is 0.508 e. The fraction of sp³-hybridized carbons (Fsp3) is 0.444. The summed E-state index contributed by atoms with van der Waals surface area (Å²) in [6, 6.07) is 7.53. The van der Waals surface area contributed by atoms with Crippen LogP contribution in [0, 0.1) is 0 Å². The van der Waals surface area contributed by atoms with Gasteiger partial charge in [-0.25, -0.2) is 0 Å². The Morgan fingerprint density at radius 2 is 1.40 bits per heavy atom. The van der Waals surface area contributed by atoms with E-state index in [0.717, 1.165) is 6.07 Å². The summed E-state index contributed by atoms with van der Waals surface area (Å²) in [4.78, 5) is 13.7. The molecule has 2 saturated heterocycles. The summed E-state index contributed by atoms with van der Waals surface area (Å²) >= 11 is 0. The van der Waals surface area contributed by atoms with Crippen molar-refractivity contribution in [3.63, 3.8) is 0 Å². The molecule has 9 N–H and O–H groups in total. The van der Waals surface area contributed by atoms with E-state index in [9.17, 15) is 50.8 Å². The van der Waals surface area contributed by atoms with Gasteiger partial charge in [0.05, 0.1) is 12.7 Å². The quantitative estimate of drug-likeness (QED) is 0.154. The van der Waals surface area contributed by atoms with E-state index in [1.54, 1.807) is 0 Å². The van der Waals surface area contributed by atoms with E-state index in [-0.39, 0.29) is 28.4 Å². The number of fused-ring (bicyclic) bond motifs is 1. The van der Waals surface area contributed by atoms with Crippen molar-refractivity contribution in [2.75, 3.05) is 6.61 Å². The first-order valence-electron chi connectivity index (χ1n) is 12.9. The lowest BCUT2D eigenvalue weighted by Gasteiger charge is -2.39. The first-order valence-corrected chi connectivity index (χ1v) is 12.9. The summed E-state index contributed by atoms with van der Waals surface area (Å²) in [5.74, 6) is -1.77. The summed E-state index contributed by atoms with van der Waals surface area (Å²) in [7, 11) is 0. The van der Waals surface area contributed by atoms with Gasteiger partial charge in [-0.05, 0) is 31.2 Å². The van der Waals surface area contributed by atoms with Gasteiger partial charge in [0.1, 0.15) is 70.9 Å². The van der Waals surface area contributed by atoms with Crippen LogP contribution in [0.1, 0.15) is 6.92 Å². The molecule has 2 aromatic carbocycles. The number of aromatic hydroxyl groups is 2. The second-order valence-electron chi connectivity index (χ2n) is 10.1. The highest BCUT2D eigenvalue weighted by molar-refractivity contribution is 5.88. The molecule has 1 aromatic heterocycles. The molecule has 0 saturated carbocycles. The molecule has 15 nitrogen and oxygen atoms in total. The van der Waals surface area contributed by atoms with E-state index in [4.69, 9.17) is 23.4 Å². The highest BCUT2D eigenvalue weighted by atomic mass is 16.7. The van der Waals surface area contributed by atoms with Crippen LogP contribution in [0.4, 0.5) is 0 Å². The molecule has 15 heteroatoms. The Labute approximate surface area is 236 Å². The molecule has 5 rings (SSSR count). The number of ether oxygens (including phenoxy) is 4. The molecular formula is C27H30O15. The summed E-state index contributed by atoms with van der Waals surface area (Å²) in [6.07, 6.45) is -15.5. The minimum absolute atomic E-state index is 0.112. The smallest absolute Gasteiger partial charge is 0.239 e. The van der Waals surface area contributed by atoms with Crippen LogP contribution < -0.4 is 14.9 Å². The Morgan fingerprint density at radius 3 is 2.05 bits per heavy atom. The lowest BCUT2D eigenvalue weighted by Crippen LogP contribution is -2.60. The van der Waals surface area contributed by atoms with Crippen LogP contribution in [0.3, 0.4) is 0 Å². The average molecular weight is 595 g/mol. The summed E-state index contributed by atoms with van der Waals surface area (Å²) in [5.41, 5.74) is -1.01. The number of hydrogen-bond donors (Lipinski definition) is 9. The van der Waals surface area contributed by atoms with E-state index >= 15 is 0 Å². The number of benzene rings is 2. The molecule has 2 fully saturated rings. The molecule has 42 heavy (non-hydrogen) atoms. The summed E-state index contributed by atoms with van der Waals surface area (Å²) < 4.78 is 28.0. The molecule has 0 spiro atoms. The number of aliphatic hydroxyl groups excluding tert-OH is 7. The van der Waals surface area contributed by atoms with E-state index in [1.807, 2.05) is 0 Å². The average Bonchev–Trinajstić information content (AvgIpc) is 2.96. The Balaban J connectivity index is 1.58. The highest BCUT2D eigenvalue weighted by Gasteiger charge is 2.46. The van der Waals surface area contributed by atoms with Crippen molar-refractivity contribution < 1.29 is 69.3 Å². The number of rotatable bonds is 6. The zero-order valence-electron chi connectivity index (χ0n) is 21.9. The van der Waals surface area contributed by atoms with E-state index in [1.165, 1.54) is 37.3 Å².